The molecule has 0 saturated carbocycles. The first-order valence-electron chi connectivity index (χ1n) is 8.92. The number of aryl methyl sites for hydroxylation is 2. The lowest BCUT2D eigenvalue weighted by molar-refractivity contribution is 0.156. The number of aliphatic imine (C=N–C) groups is 1. The molecule has 0 aromatic heterocycles. The second-order valence-corrected chi connectivity index (χ2v) is 7.33. The van der Waals surface area contributed by atoms with E-state index >= 15 is 0 Å². The number of hydrogen-bond donors (Lipinski definition) is 1. The molecule has 1 atom stereocenters. The molecule has 5 heteroatoms. The van der Waals surface area contributed by atoms with Crippen LogP contribution in [0.2, 0.25) is 0 Å². The van der Waals surface area contributed by atoms with Gasteiger partial charge in [0.25, 0.3) is 0 Å². The third kappa shape index (κ3) is 3.57. The normalized spacial score (nSPS) is 25.9. The molecule has 1 unspecified atom stereocenters. The number of rotatable bonds is 2. The quantitative estimate of drug-likeness (QED) is 0.436. The molecule has 4 nitrogen and oxygen atoms in total. The van der Waals surface area contributed by atoms with E-state index in [0.29, 0.717) is 5.41 Å². The summed E-state index contributed by atoms with van der Waals surface area (Å²) in [6.07, 6.45) is 6.23. The number of nitrogens with one attached hydrogen (secondary N) is 1. The molecule has 0 amide bonds. The molecule has 132 valence electrons. The van der Waals surface area contributed by atoms with Gasteiger partial charge >= 0.3 is 0 Å². The molecule has 0 radical (unpaired) electrons. The lowest BCUT2D eigenvalue weighted by atomic mass is 9.87. The van der Waals surface area contributed by atoms with Crippen LogP contribution in [0.5, 0.6) is 0 Å². The van der Waals surface area contributed by atoms with Gasteiger partial charge in [0.2, 0.25) is 0 Å². The van der Waals surface area contributed by atoms with Crippen LogP contribution in [0.1, 0.15) is 36.0 Å². The SMILES string of the molecule is CN=C(NCc1ccc2c(c1)CCC2)N1CCC2(CCOC2)C1.I. The Kier molecular flexibility index (Phi) is 5.70. The molecule has 1 aliphatic carbocycles. The van der Waals surface area contributed by atoms with Gasteiger partial charge in [0.1, 0.15) is 0 Å². The summed E-state index contributed by atoms with van der Waals surface area (Å²) < 4.78 is 5.63. The minimum absolute atomic E-state index is 0. The van der Waals surface area contributed by atoms with Crippen molar-refractivity contribution < 1.29 is 4.74 Å². The highest BCUT2D eigenvalue weighted by Crippen LogP contribution is 2.38. The molecule has 1 spiro atoms. The molecule has 2 saturated heterocycles. The molecule has 4 rings (SSSR count). The predicted molar refractivity (Wildman–Crippen MR) is 108 cm³/mol. The molecule has 2 aliphatic heterocycles. The highest BCUT2D eigenvalue weighted by Gasteiger charge is 2.42. The molecular formula is C19H28IN3O. The van der Waals surface area contributed by atoms with Crippen molar-refractivity contribution in [2.45, 2.75) is 38.6 Å². The van der Waals surface area contributed by atoms with Crippen LogP contribution >= 0.6 is 24.0 Å². The van der Waals surface area contributed by atoms with Crippen molar-refractivity contribution in [1.29, 1.82) is 0 Å². The molecule has 1 aromatic rings. The summed E-state index contributed by atoms with van der Waals surface area (Å²) in [6, 6.07) is 6.95. The highest BCUT2D eigenvalue weighted by molar-refractivity contribution is 14.0. The van der Waals surface area contributed by atoms with Crippen LogP contribution in [0.4, 0.5) is 0 Å². The van der Waals surface area contributed by atoms with Gasteiger partial charge in [0, 0.05) is 38.7 Å². The van der Waals surface area contributed by atoms with E-state index in [1.165, 1.54) is 37.7 Å². The van der Waals surface area contributed by atoms with Crippen molar-refractivity contribution in [2.75, 3.05) is 33.4 Å². The predicted octanol–water partition coefficient (Wildman–Crippen LogP) is 2.98. The highest BCUT2D eigenvalue weighted by atomic mass is 127. The minimum Gasteiger partial charge on any atom is -0.381 e. The number of halogens is 1. The first kappa shape index (κ1) is 18.0. The van der Waals surface area contributed by atoms with Crippen LogP contribution in [0.15, 0.2) is 23.2 Å². The Morgan fingerprint density at radius 2 is 2.17 bits per heavy atom. The van der Waals surface area contributed by atoms with Crippen molar-refractivity contribution in [1.82, 2.24) is 10.2 Å². The zero-order valence-corrected chi connectivity index (χ0v) is 16.8. The van der Waals surface area contributed by atoms with E-state index in [1.807, 2.05) is 7.05 Å². The number of guanidine groups is 1. The van der Waals surface area contributed by atoms with Crippen LogP contribution in [0.25, 0.3) is 0 Å². The second-order valence-electron chi connectivity index (χ2n) is 7.33. The van der Waals surface area contributed by atoms with E-state index in [4.69, 9.17) is 4.74 Å². The number of hydrogen-bond acceptors (Lipinski definition) is 2. The van der Waals surface area contributed by atoms with Gasteiger partial charge in [-0.2, -0.15) is 0 Å². The fourth-order valence-electron chi connectivity index (χ4n) is 4.34. The number of ether oxygens (including phenoxy) is 1. The smallest absolute Gasteiger partial charge is 0.193 e. The van der Waals surface area contributed by atoms with Gasteiger partial charge in [-0.25, -0.2) is 0 Å². The van der Waals surface area contributed by atoms with Gasteiger partial charge < -0.3 is 15.0 Å². The summed E-state index contributed by atoms with van der Waals surface area (Å²) in [5.74, 6) is 1.04. The van der Waals surface area contributed by atoms with E-state index in [-0.39, 0.29) is 24.0 Å². The monoisotopic (exact) mass is 441 g/mol. The Balaban J connectivity index is 0.00000169. The van der Waals surface area contributed by atoms with Crippen LogP contribution in [0.3, 0.4) is 0 Å². The first-order chi connectivity index (χ1) is 11.3. The minimum atomic E-state index is 0. The summed E-state index contributed by atoms with van der Waals surface area (Å²) in [4.78, 5) is 6.91. The van der Waals surface area contributed by atoms with Crippen LogP contribution in [-0.4, -0.2) is 44.2 Å². The molecule has 0 bridgehead atoms. The lowest BCUT2D eigenvalue weighted by Crippen LogP contribution is -2.41. The molecule has 2 heterocycles. The van der Waals surface area contributed by atoms with E-state index in [1.54, 1.807) is 11.1 Å². The van der Waals surface area contributed by atoms with E-state index in [2.05, 4.69) is 33.4 Å². The van der Waals surface area contributed by atoms with Crippen molar-refractivity contribution in [3.05, 3.63) is 34.9 Å². The third-order valence-electron chi connectivity index (χ3n) is 5.75. The first-order valence-corrected chi connectivity index (χ1v) is 8.92. The summed E-state index contributed by atoms with van der Waals surface area (Å²) in [6.45, 7) is 4.88. The number of fused-ring (bicyclic) bond motifs is 1. The average Bonchev–Trinajstić information content (AvgIpc) is 3.30. The molecular weight excluding hydrogens is 413 g/mol. The van der Waals surface area contributed by atoms with Gasteiger partial charge in [-0.3, -0.25) is 4.99 Å². The zero-order valence-electron chi connectivity index (χ0n) is 14.5. The average molecular weight is 441 g/mol. The zero-order chi connectivity index (χ0) is 15.7. The Bertz CT molecular complexity index is 611. The van der Waals surface area contributed by atoms with Gasteiger partial charge in [0.05, 0.1) is 6.61 Å². The topological polar surface area (TPSA) is 36.9 Å². The largest absolute Gasteiger partial charge is 0.381 e. The Morgan fingerprint density at radius 1 is 1.29 bits per heavy atom. The van der Waals surface area contributed by atoms with E-state index in [9.17, 15) is 0 Å². The fourth-order valence-corrected chi connectivity index (χ4v) is 4.34. The summed E-state index contributed by atoms with van der Waals surface area (Å²) in [5, 5.41) is 3.56. The van der Waals surface area contributed by atoms with Gasteiger partial charge in [-0.15, -0.1) is 24.0 Å². The Hall–Kier alpha value is -0.820. The van der Waals surface area contributed by atoms with Crippen LogP contribution in [-0.2, 0) is 24.1 Å². The summed E-state index contributed by atoms with van der Waals surface area (Å²) in [5.41, 5.74) is 4.83. The standard InChI is InChI=1S/C19H27N3O.HI/c1-20-18(22-9-7-19(13-22)8-10-23-14-19)21-12-15-5-6-16-3-2-4-17(16)11-15;/h5-6,11H,2-4,7-10,12-14H2,1H3,(H,20,21);1H. The van der Waals surface area contributed by atoms with Crippen molar-refractivity contribution >= 4 is 29.9 Å². The van der Waals surface area contributed by atoms with Crippen LogP contribution < -0.4 is 5.32 Å². The summed E-state index contributed by atoms with van der Waals surface area (Å²) in [7, 11) is 1.89. The number of nitrogens with zero attached hydrogens (tertiary/aromatic N) is 2. The van der Waals surface area contributed by atoms with Gasteiger partial charge in [-0.1, -0.05) is 18.2 Å². The number of likely N-dealkylation sites (tertiary alicyclic amines) is 1. The molecule has 24 heavy (non-hydrogen) atoms. The van der Waals surface area contributed by atoms with Crippen molar-refractivity contribution in [3.63, 3.8) is 0 Å². The molecule has 3 aliphatic rings. The molecule has 1 aromatic carbocycles. The maximum Gasteiger partial charge on any atom is 0.193 e. The van der Waals surface area contributed by atoms with Gasteiger partial charge in [-0.05, 0) is 48.8 Å². The van der Waals surface area contributed by atoms with E-state index < -0.39 is 0 Å². The third-order valence-corrected chi connectivity index (χ3v) is 5.75. The second kappa shape index (κ2) is 7.60. The van der Waals surface area contributed by atoms with E-state index in [0.717, 1.165) is 38.8 Å². The molecule has 2 fully saturated rings. The Morgan fingerprint density at radius 3 is 2.96 bits per heavy atom. The Labute approximate surface area is 162 Å². The maximum absolute atomic E-state index is 5.63. The lowest BCUT2D eigenvalue weighted by Gasteiger charge is -2.25. The van der Waals surface area contributed by atoms with Crippen LogP contribution in [0, 0.1) is 5.41 Å². The van der Waals surface area contributed by atoms with Gasteiger partial charge in [0.15, 0.2) is 5.96 Å². The van der Waals surface area contributed by atoms with Crippen molar-refractivity contribution in [2.24, 2.45) is 10.4 Å². The summed E-state index contributed by atoms with van der Waals surface area (Å²) >= 11 is 0. The number of benzene rings is 1. The maximum atomic E-state index is 5.63. The molecule has 1 N–H and O–H groups in total. The van der Waals surface area contributed by atoms with Crippen molar-refractivity contribution in [3.8, 4) is 0 Å². The fraction of sp³-hybridized carbons (Fsp3) is 0.632.